The molecule has 0 radical (unpaired) electrons. The summed E-state index contributed by atoms with van der Waals surface area (Å²) >= 11 is 0. The fourth-order valence-electron chi connectivity index (χ4n) is 8.48. The van der Waals surface area contributed by atoms with Gasteiger partial charge in [0.15, 0.2) is 14.1 Å². The van der Waals surface area contributed by atoms with Gasteiger partial charge < -0.3 is 14.1 Å². The highest BCUT2D eigenvalue weighted by Crippen LogP contribution is 2.53. The van der Waals surface area contributed by atoms with Crippen molar-refractivity contribution in [3.8, 4) is 22.8 Å². The van der Waals surface area contributed by atoms with Gasteiger partial charge in [0.2, 0.25) is 0 Å². The number of nitrogens with zero attached hydrogens (tertiary/aromatic N) is 7. The van der Waals surface area contributed by atoms with Crippen LogP contribution in [0, 0.1) is 23.1 Å². The standard InChI is InChI=1S/C37H52FN7O2Si/c1-24(2)32(26-16-36(6,17-26)47-48(7,8)35(3,4)5)45-20-37(21-45)13-14-44(19-37)33-34(43-42-23-41-33)46-30-12-11-27(38)15-28(30)29-18-39-22-40-31(29)25-9-10-25/h11-12,15,18,22-26,32H,9-10,13-14,16-17,19-21H2,1-8H3. The zero-order valence-corrected chi connectivity index (χ0v) is 31.0. The lowest BCUT2D eigenvalue weighted by atomic mass is 9.64. The first-order valence-corrected chi connectivity index (χ1v) is 20.7. The summed E-state index contributed by atoms with van der Waals surface area (Å²) in [7, 11) is -1.81. The van der Waals surface area contributed by atoms with Gasteiger partial charge in [0.25, 0.3) is 5.88 Å². The van der Waals surface area contributed by atoms with E-state index in [1.54, 1.807) is 18.6 Å². The number of hydrogen-bond donors (Lipinski definition) is 0. The molecule has 1 spiro atoms. The lowest BCUT2D eigenvalue weighted by Gasteiger charge is -2.60. The van der Waals surface area contributed by atoms with Gasteiger partial charge in [-0.25, -0.2) is 19.3 Å². The van der Waals surface area contributed by atoms with E-state index in [1.807, 2.05) is 0 Å². The molecule has 7 rings (SSSR count). The molecule has 11 heteroatoms. The van der Waals surface area contributed by atoms with E-state index in [4.69, 9.17) is 9.16 Å². The van der Waals surface area contributed by atoms with Crippen LogP contribution in [-0.4, -0.2) is 76.2 Å². The zero-order chi connectivity index (χ0) is 34.1. The Morgan fingerprint density at radius 2 is 1.77 bits per heavy atom. The van der Waals surface area contributed by atoms with Crippen molar-refractivity contribution in [3.05, 3.63) is 48.6 Å². The second kappa shape index (κ2) is 12.1. The first kappa shape index (κ1) is 33.5. The lowest BCUT2D eigenvalue weighted by molar-refractivity contribution is -0.119. The Morgan fingerprint density at radius 3 is 2.46 bits per heavy atom. The van der Waals surface area contributed by atoms with E-state index >= 15 is 0 Å². The number of hydrogen-bond acceptors (Lipinski definition) is 9. The van der Waals surface area contributed by atoms with Gasteiger partial charge in [0.05, 0.1) is 11.3 Å². The van der Waals surface area contributed by atoms with Crippen molar-refractivity contribution < 1.29 is 13.6 Å². The van der Waals surface area contributed by atoms with Gasteiger partial charge in [-0.3, -0.25) is 4.90 Å². The van der Waals surface area contributed by atoms with Crippen LogP contribution in [0.3, 0.4) is 0 Å². The average Bonchev–Trinajstić information content (AvgIpc) is 3.74. The summed E-state index contributed by atoms with van der Waals surface area (Å²) in [6.45, 7) is 22.8. The predicted molar refractivity (Wildman–Crippen MR) is 188 cm³/mol. The van der Waals surface area contributed by atoms with Crippen LogP contribution in [0.2, 0.25) is 18.1 Å². The fourth-order valence-corrected chi connectivity index (χ4v) is 10.2. The van der Waals surface area contributed by atoms with Crippen LogP contribution in [0.25, 0.3) is 11.1 Å². The summed E-state index contributed by atoms with van der Waals surface area (Å²) in [5, 5.41) is 8.67. The number of ether oxygens (including phenoxy) is 1. The van der Waals surface area contributed by atoms with Gasteiger partial charge in [-0.1, -0.05) is 34.6 Å². The molecule has 2 aliphatic heterocycles. The first-order chi connectivity index (χ1) is 22.7. The Bertz CT molecular complexity index is 1650. The number of benzene rings is 1. The molecule has 0 bridgehead atoms. The smallest absolute Gasteiger partial charge is 0.282 e. The normalized spacial score (nSPS) is 24.9. The van der Waals surface area contributed by atoms with Crippen molar-refractivity contribution in [1.82, 2.24) is 30.0 Å². The topological polar surface area (TPSA) is 89.4 Å². The van der Waals surface area contributed by atoms with Gasteiger partial charge in [-0.2, -0.15) is 0 Å². The van der Waals surface area contributed by atoms with Crippen molar-refractivity contribution in [2.45, 2.75) is 109 Å². The van der Waals surface area contributed by atoms with Crippen LogP contribution in [0.1, 0.15) is 85.3 Å². The Labute approximate surface area is 286 Å². The summed E-state index contributed by atoms with van der Waals surface area (Å²) in [6.07, 6.45) is 10.3. The molecule has 0 N–H and O–H groups in total. The maximum atomic E-state index is 14.6. The van der Waals surface area contributed by atoms with Gasteiger partial charge in [0.1, 0.15) is 24.2 Å². The molecule has 2 saturated heterocycles. The number of aromatic nitrogens is 5. The van der Waals surface area contributed by atoms with E-state index in [9.17, 15) is 4.39 Å². The third-order valence-electron chi connectivity index (χ3n) is 11.8. The molecule has 9 nitrogen and oxygen atoms in total. The minimum Gasteiger partial charge on any atom is -0.434 e. The highest BCUT2D eigenvalue weighted by Gasteiger charge is 2.56. The zero-order valence-electron chi connectivity index (χ0n) is 30.0. The molecule has 3 aromatic rings. The van der Waals surface area contributed by atoms with Crippen LogP contribution < -0.4 is 9.64 Å². The minimum absolute atomic E-state index is 0.00131. The van der Waals surface area contributed by atoms with E-state index in [1.165, 1.54) is 18.5 Å². The summed E-state index contributed by atoms with van der Waals surface area (Å²) in [5.41, 5.74) is 2.57. The Balaban J connectivity index is 1.03. The van der Waals surface area contributed by atoms with Crippen LogP contribution in [0.5, 0.6) is 11.6 Å². The molecule has 2 aromatic heterocycles. The number of anilines is 1. The minimum atomic E-state index is -1.81. The molecule has 258 valence electrons. The van der Waals surface area contributed by atoms with Gasteiger partial charge in [-0.05, 0) is 87.2 Å². The molecule has 4 heterocycles. The van der Waals surface area contributed by atoms with E-state index in [2.05, 4.69) is 89.6 Å². The fraction of sp³-hybridized carbons (Fsp3) is 0.649. The maximum Gasteiger partial charge on any atom is 0.282 e. The van der Waals surface area contributed by atoms with E-state index in [-0.39, 0.29) is 21.9 Å². The van der Waals surface area contributed by atoms with Gasteiger partial charge >= 0.3 is 0 Å². The van der Waals surface area contributed by atoms with E-state index in [0.29, 0.717) is 46.8 Å². The van der Waals surface area contributed by atoms with Crippen LogP contribution in [0.4, 0.5) is 10.2 Å². The van der Waals surface area contributed by atoms with E-state index < -0.39 is 8.32 Å². The van der Waals surface area contributed by atoms with Crippen LogP contribution in [-0.2, 0) is 4.43 Å². The summed E-state index contributed by atoms with van der Waals surface area (Å²) in [6, 6.07) is 5.12. The third-order valence-corrected chi connectivity index (χ3v) is 16.4. The molecular formula is C37H52FN7O2Si. The van der Waals surface area contributed by atoms with E-state index in [0.717, 1.165) is 69.5 Å². The molecule has 2 saturated carbocycles. The van der Waals surface area contributed by atoms with Gasteiger partial charge in [-0.15, -0.1) is 10.2 Å². The third kappa shape index (κ3) is 6.38. The quantitative estimate of drug-likeness (QED) is 0.200. The van der Waals surface area contributed by atoms with Crippen molar-refractivity contribution in [2.24, 2.45) is 17.3 Å². The second-order valence-electron chi connectivity index (χ2n) is 17.2. The largest absolute Gasteiger partial charge is 0.434 e. The summed E-state index contributed by atoms with van der Waals surface area (Å²) in [4.78, 5) is 18.5. The predicted octanol–water partition coefficient (Wildman–Crippen LogP) is 7.86. The Morgan fingerprint density at radius 1 is 1.02 bits per heavy atom. The molecule has 1 unspecified atom stereocenters. The monoisotopic (exact) mass is 673 g/mol. The van der Waals surface area contributed by atoms with Crippen LogP contribution >= 0.6 is 0 Å². The van der Waals surface area contributed by atoms with Crippen LogP contribution in [0.15, 0.2) is 37.1 Å². The summed E-state index contributed by atoms with van der Waals surface area (Å²) in [5.74, 6) is 2.79. The molecule has 1 atom stereocenters. The number of likely N-dealkylation sites (tertiary alicyclic amines) is 1. The molecule has 48 heavy (non-hydrogen) atoms. The molecule has 4 fully saturated rings. The second-order valence-corrected chi connectivity index (χ2v) is 21.9. The highest BCUT2D eigenvalue weighted by molar-refractivity contribution is 6.74. The average molecular weight is 674 g/mol. The number of halogens is 1. The molecule has 1 aromatic carbocycles. The van der Waals surface area contributed by atoms with Crippen molar-refractivity contribution >= 4 is 14.1 Å². The van der Waals surface area contributed by atoms with Crippen molar-refractivity contribution in [3.63, 3.8) is 0 Å². The Kier molecular flexibility index (Phi) is 8.43. The maximum absolute atomic E-state index is 14.6. The lowest BCUT2D eigenvalue weighted by Crippen LogP contribution is -2.66. The van der Waals surface area contributed by atoms with Crippen molar-refractivity contribution in [2.75, 3.05) is 31.1 Å². The Hall–Kier alpha value is -3.02. The van der Waals surface area contributed by atoms with Gasteiger partial charge in [0, 0.05) is 60.9 Å². The highest BCUT2D eigenvalue weighted by atomic mass is 28.4. The first-order valence-electron chi connectivity index (χ1n) is 17.8. The summed E-state index contributed by atoms with van der Waals surface area (Å²) < 4.78 is 28.0. The molecule has 4 aliphatic rings. The number of rotatable bonds is 10. The SMILES string of the molecule is CC(C)C(C1CC(C)(O[Si](C)(C)C(C)(C)C)C1)N1CC2(CCN(c3ncnnc3Oc3ccc(F)cc3-c3cncnc3C3CC3)C2)C1. The van der Waals surface area contributed by atoms with Crippen molar-refractivity contribution in [1.29, 1.82) is 0 Å². The molecule has 0 amide bonds. The molecular weight excluding hydrogens is 622 g/mol. The molecule has 2 aliphatic carbocycles.